The van der Waals surface area contributed by atoms with E-state index in [0.29, 0.717) is 0 Å². The van der Waals surface area contributed by atoms with Crippen LogP contribution in [0.5, 0.6) is 0 Å². The van der Waals surface area contributed by atoms with E-state index in [4.69, 9.17) is 5.73 Å². The molecule has 1 aliphatic heterocycles. The smallest absolute Gasteiger partial charge is 0.240 e. The predicted molar refractivity (Wildman–Crippen MR) is 78.8 cm³/mol. The van der Waals surface area contributed by atoms with Crippen LogP contribution in [0.4, 0.5) is 5.69 Å². The van der Waals surface area contributed by atoms with Gasteiger partial charge in [0.25, 0.3) is 0 Å². The number of aromatic nitrogens is 4. The van der Waals surface area contributed by atoms with Crippen LogP contribution in [-0.2, 0) is 4.79 Å². The fourth-order valence-corrected chi connectivity index (χ4v) is 3.11. The molecule has 0 aliphatic carbocycles. The maximum atomic E-state index is 11.7. The first-order valence-electron chi connectivity index (χ1n) is 6.89. The number of hydrogen-bond acceptors (Lipinski definition) is 5. The molecule has 21 heavy (non-hydrogen) atoms. The Morgan fingerprint density at radius 1 is 1.38 bits per heavy atom. The van der Waals surface area contributed by atoms with Gasteiger partial charge in [0.15, 0.2) is 5.65 Å². The van der Waals surface area contributed by atoms with Crippen LogP contribution in [0.25, 0.3) is 21.9 Å². The molecule has 0 aromatic carbocycles. The lowest BCUT2D eigenvalue weighted by Gasteiger charge is -2.25. The Labute approximate surface area is 120 Å². The Morgan fingerprint density at radius 3 is 3.14 bits per heavy atom. The highest BCUT2D eigenvalue weighted by Gasteiger charge is 2.30. The summed E-state index contributed by atoms with van der Waals surface area (Å²) in [5.41, 5.74) is 7.87. The Bertz CT molecular complexity index is 842. The summed E-state index contributed by atoms with van der Waals surface area (Å²) < 4.78 is 0. The number of carbonyl (C=O) groups is 1. The van der Waals surface area contributed by atoms with E-state index in [-0.39, 0.29) is 11.9 Å². The lowest BCUT2D eigenvalue weighted by molar-refractivity contribution is -0.119. The number of nitrogens with two attached hydrogens (primary N) is 1. The third-order valence-electron chi connectivity index (χ3n) is 4.05. The Kier molecular flexibility index (Phi) is 2.53. The molecule has 1 atom stereocenters. The Morgan fingerprint density at radius 2 is 2.29 bits per heavy atom. The van der Waals surface area contributed by atoms with Gasteiger partial charge in [0.05, 0.1) is 18.1 Å². The summed E-state index contributed by atoms with van der Waals surface area (Å²) in [5.74, 6) is -0.295. The zero-order valence-electron chi connectivity index (χ0n) is 11.3. The second kappa shape index (κ2) is 4.41. The van der Waals surface area contributed by atoms with Crippen molar-refractivity contribution >= 4 is 33.5 Å². The molecular formula is C14H14N6O. The predicted octanol–water partition coefficient (Wildman–Crippen LogP) is 0.960. The summed E-state index contributed by atoms with van der Waals surface area (Å²) in [6.07, 6.45) is 7.02. The molecule has 7 heteroatoms. The normalized spacial score (nSPS) is 18.7. The summed E-state index contributed by atoms with van der Waals surface area (Å²) in [4.78, 5) is 21.0. The van der Waals surface area contributed by atoms with Crippen molar-refractivity contribution in [1.82, 2.24) is 20.2 Å². The molecule has 7 nitrogen and oxygen atoms in total. The largest absolute Gasteiger partial charge is 0.368 e. The first-order chi connectivity index (χ1) is 10.3. The van der Waals surface area contributed by atoms with E-state index < -0.39 is 0 Å². The molecular weight excluding hydrogens is 268 g/mol. The molecule has 3 N–H and O–H groups in total. The average molecular weight is 282 g/mol. The molecule has 0 saturated carbocycles. The van der Waals surface area contributed by atoms with E-state index in [0.717, 1.165) is 47.0 Å². The Hall–Kier alpha value is -2.70. The van der Waals surface area contributed by atoms with Gasteiger partial charge in [-0.2, -0.15) is 0 Å². The van der Waals surface area contributed by atoms with Gasteiger partial charge in [-0.15, -0.1) is 10.2 Å². The van der Waals surface area contributed by atoms with Crippen molar-refractivity contribution in [2.75, 3.05) is 11.4 Å². The van der Waals surface area contributed by atoms with Crippen LogP contribution in [0.2, 0.25) is 0 Å². The highest BCUT2D eigenvalue weighted by molar-refractivity contribution is 6.10. The summed E-state index contributed by atoms with van der Waals surface area (Å²) in [7, 11) is 0. The molecule has 1 unspecified atom stereocenters. The summed E-state index contributed by atoms with van der Waals surface area (Å²) in [6.45, 7) is 0.794. The van der Waals surface area contributed by atoms with Crippen LogP contribution in [0, 0.1) is 0 Å². The monoisotopic (exact) mass is 282 g/mol. The van der Waals surface area contributed by atoms with E-state index in [2.05, 4.69) is 20.2 Å². The standard InChI is InChI=1S/C14H14N6O/c15-13(21)10-2-1-5-20(10)11-7-16-6-9-12(11)8-3-4-17-14(8)19-18-9/h3-4,6-7,10H,1-2,5H2,(H2,15,21)(H,17,19). The fraction of sp³-hybridized carbons (Fsp3) is 0.286. The number of amides is 1. The van der Waals surface area contributed by atoms with Crippen molar-refractivity contribution in [3.05, 3.63) is 24.7 Å². The van der Waals surface area contributed by atoms with E-state index in [1.807, 2.05) is 17.2 Å². The number of H-pyrrole nitrogens is 1. The summed E-state index contributed by atoms with van der Waals surface area (Å²) in [5, 5.41) is 10.3. The highest BCUT2D eigenvalue weighted by atomic mass is 16.1. The van der Waals surface area contributed by atoms with Gasteiger partial charge in [0, 0.05) is 23.5 Å². The maximum absolute atomic E-state index is 11.7. The minimum absolute atomic E-state index is 0.278. The van der Waals surface area contributed by atoms with E-state index in [9.17, 15) is 4.79 Å². The number of pyridine rings is 1. The number of nitrogens with zero attached hydrogens (tertiary/aromatic N) is 4. The Balaban J connectivity index is 2.00. The number of primary amides is 1. The molecule has 4 rings (SSSR count). The van der Waals surface area contributed by atoms with Crippen LogP contribution in [0.3, 0.4) is 0 Å². The first kappa shape index (κ1) is 12.1. The minimum atomic E-state index is -0.295. The molecule has 0 spiro atoms. The zero-order chi connectivity index (χ0) is 14.4. The topological polar surface area (TPSA) is 101 Å². The number of nitrogens with one attached hydrogen (secondary N) is 1. The molecule has 1 saturated heterocycles. The van der Waals surface area contributed by atoms with E-state index in [1.54, 1.807) is 12.4 Å². The lowest BCUT2D eigenvalue weighted by Crippen LogP contribution is -2.40. The van der Waals surface area contributed by atoms with Crippen molar-refractivity contribution in [1.29, 1.82) is 0 Å². The van der Waals surface area contributed by atoms with E-state index >= 15 is 0 Å². The van der Waals surface area contributed by atoms with E-state index in [1.165, 1.54) is 0 Å². The minimum Gasteiger partial charge on any atom is -0.368 e. The van der Waals surface area contributed by atoms with Crippen molar-refractivity contribution in [2.45, 2.75) is 18.9 Å². The zero-order valence-corrected chi connectivity index (χ0v) is 11.3. The summed E-state index contributed by atoms with van der Waals surface area (Å²) in [6, 6.07) is 1.69. The summed E-state index contributed by atoms with van der Waals surface area (Å²) >= 11 is 0. The molecule has 4 heterocycles. The molecule has 0 radical (unpaired) electrons. The number of rotatable bonds is 2. The van der Waals surface area contributed by atoms with Gasteiger partial charge in [0.2, 0.25) is 5.91 Å². The number of fused-ring (bicyclic) bond motifs is 3. The average Bonchev–Trinajstić information content (AvgIpc) is 3.15. The van der Waals surface area contributed by atoms with Gasteiger partial charge in [-0.1, -0.05) is 0 Å². The molecule has 1 amide bonds. The van der Waals surface area contributed by atoms with Crippen molar-refractivity contribution < 1.29 is 4.79 Å². The van der Waals surface area contributed by atoms with Gasteiger partial charge in [0.1, 0.15) is 11.6 Å². The number of hydrogen-bond donors (Lipinski definition) is 2. The quantitative estimate of drug-likeness (QED) is 0.729. The number of anilines is 1. The molecule has 1 fully saturated rings. The third-order valence-corrected chi connectivity index (χ3v) is 4.05. The maximum Gasteiger partial charge on any atom is 0.240 e. The first-order valence-corrected chi connectivity index (χ1v) is 6.89. The van der Waals surface area contributed by atoms with Crippen LogP contribution in [0.1, 0.15) is 12.8 Å². The van der Waals surface area contributed by atoms with Crippen molar-refractivity contribution in [3.8, 4) is 0 Å². The van der Waals surface area contributed by atoms with Crippen LogP contribution in [0.15, 0.2) is 24.7 Å². The molecule has 0 bridgehead atoms. The van der Waals surface area contributed by atoms with Gasteiger partial charge < -0.3 is 15.6 Å². The van der Waals surface area contributed by atoms with Gasteiger partial charge in [-0.05, 0) is 18.9 Å². The van der Waals surface area contributed by atoms with Crippen LogP contribution < -0.4 is 10.6 Å². The van der Waals surface area contributed by atoms with Crippen molar-refractivity contribution in [2.24, 2.45) is 5.73 Å². The van der Waals surface area contributed by atoms with Gasteiger partial charge in [-0.3, -0.25) is 9.78 Å². The molecule has 3 aromatic heterocycles. The van der Waals surface area contributed by atoms with Crippen LogP contribution in [-0.4, -0.2) is 38.7 Å². The van der Waals surface area contributed by atoms with Gasteiger partial charge >= 0.3 is 0 Å². The van der Waals surface area contributed by atoms with Gasteiger partial charge in [-0.25, -0.2) is 0 Å². The lowest BCUT2D eigenvalue weighted by atomic mass is 10.1. The second-order valence-corrected chi connectivity index (χ2v) is 5.25. The highest BCUT2D eigenvalue weighted by Crippen LogP contribution is 2.34. The van der Waals surface area contributed by atoms with Crippen LogP contribution >= 0.6 is 0 Å². The number of aromatic amines is 1. The fourth-order valence-electron chi connectivity index (χ4n) is 3.11. The second-order valence-electron chi connectivity index (χ2n) is 5.25. The van der Waals surface area contributed by atoms with Crippen molar-refractivity contribution in [3.63, 3.8) is 0 Å². The number of carbonyl (C=O) groups excluding carboxylic acids is 1. The molecule has 106 valence electrons. The SMILES string of the molecule is NC(=O)C1CCCN1c1cncc2nnc3[nH]ccc3c12. The molecule has 1 aliphatic rings. The third kappa shape index (κ3) is 1.74. The molecule has 3 aromatic rings.